The molecule has 3 heterocycles. The predicted octanol–water partition coefficient (Wildman–Crippen LogP) is 3.31. The average molecular weight is 341 g/mol. The number of carbonyl (C=O) groups excluding carboxylic acids is 1. The third-order valence-electron chi connectivity index (χ3n) is 4.08. The number of amides is 1. The van der Waals surface area contributed by atoms with Crippen molar-refractivity contribution in [3.63, 3.8) is 0 Å². The Labute approximate surface area is 150 Å². The number of rotatable bonds is 2. The Morgan fingerprint density at radius 2 is 2.08 bits per heavy atom. The summed E-state index contributed by atoms with van der Waals surface area (Å²) in [6.07, 6.45) is 6.97. The van der Waals surface area contributed by atoms with Crippen molar-refractivity contribution < 1.29 is 9.53 Å². The second-order valence-electron chi connectivity index (χ2n) is 5.69. The quantitative estimate of drug-likeness (QED) is 0.555. The molecule has 1 aliphatic rings. The highest BCUT2D eigenvalue weighted by Crippen LogP contribution is 2.36. The molecule has 1 amide bonds. The highest BCUT2D eigenvalue weighted by Gasteiger charge is 2.26. The number of hydrogen-bond donors (Lipinski definition) is 2. The van der Waals surface area contributed by atoms with Crippen LogP contribution in [0.4, 0.5) is 5.69 Å². The predicted molar refractivity (Wildman–Crippen MR) is 101 cm³/mol. The number of nitrogens with zero attached hydrogens (tertiary/aromatic N) is 1. The molecule has 26 heavy (non-hydrogen) atoms. The van der Waals surface area contributed by atoms with E-state index in [1.807, 2.05) is 36.4 Å². The number of ether oxygens (including phenoxy) is 1. The maximum absolute atomic E-state index is 12.5. The van der Waals surface area contributed by atoms with Gasteiger partial charge in [-0.1, -0.05) is 17.9 Å². The molecule has 0 radical (unpaired) electrons. The van der Waals surface area contributed by atoms with Crippen LogP contribution in [-0.4, -0.2) is 23.0 Å². The molecule has 0 unspecified atom stereocenters. The number of carbonyl (C=O) groups is 1. The smallest absolute Gasteiger partial charge is 0.256 e. The van der Waals surface area contributed by atoms with Gasteiger partial charge in [0.1, 0.15) is 5.75 Å². The second-order valence-corrected chi connectivity index (χ2v) is 5.69. The molecule has 0 spiro atoms. The Hall–Kier alpha value is -3.78. The van der Waals surface area contributed by atoms with Crippen molar-refractivity contribution >= 4 is 23.2 Å². The molecule has 2 N–H and O–H groups in total. The number of anilines is 1. The van der Waals surface area contributed by atoms with Gasteiger partial charge in [-0.05, 0) is 36.4 Å². The standard InChI is InChI=1S/C21H15N3O2/c1-26-19-9-11-23-18(19)12-16-20-15(5-2-6-17(20)24-21(16)25)8-7-14-4-3-10-22-13-14/h2-6,9-13,23H,1H3,(H,24,25)/b16-12-. The summed E-state index contributed by atoms with van der Waals surface area (Å²) in [5.74, 6) is 6.77. The fraction of sp³-hybridized carbons (Fsp3) is 0.0476. The monoisotopic (exact) mass is 341 g/mol. The normalized spacial score (nSPS) is 13.7. The van der Waals surface area contributed by atoms with Crippen molar-refractivity contribution in [2.24, 2.45) is 0 Å². The first kappa shape index (κ1) is 15.7. The van der Waals surface area contributed by atoms with Crippen molar-refractivity contribution in [1.29, 1.82) is 0 Å². The van der Waals surface area contributed by atoms with Gasteiger partial charge in [0.25, 0.3) is 5.91 Å². The molecule has 1 aliphatic heterocycles. The fourth-order valence-electron chi connectivity index (χ4n) is 2.87. The molecule has 1 aromatic carbocycles. The summed E-state index contributed by atoms with van der Waals surface area (Å²) in [5, 5.41) is 2.89. The van der Waals surface area contributed by atoms with Crippen LogP contribution >= 0.6 is 0 Å². The van der Waals surface area contributed by atoms with E-state index in [-0.39, 0.29) is 5.91 Å². The number of pyridine rings is 1. The third-order valence-corrected chi connectivity index (χ3v) is 4.08. The van der Waals surface area contributed by atoms with E-state index < -0.39 is 0 Å². The molecule has 0 aliphatic carbocycles. The number of aromatic amines is 1. The molecule has 5 heteroatoms. The van der Waals surface area contributed by atoms with Gasteiger partial charge in [0.15, 0.2) is 0 Å². The van der Waals surface area contributed by atoms with Crippen molar-refractivity contribution in [3.8, 4) is 17.6 Å². The lowest BCUT2D eigenvalue weighted by atomic mass is 9.99. The van der Waals surface area contributed by atoms with Crippen LogP contribution < -0.4 is 10.1 Å². The lowest BCUT2D eigenvalue weighted by Gasteiger charge is -2.03. The van der Waals surface area contributed by atoms with Crippen LogP contribution in [0.2, 0.25) is 0 Å². The molecule has 5 nitrogen and oxygen atoms in total. The largest absolute Gasteiger partial charge is 0.495 e. The number of fused-ring (bicyclic) bond motifs is 1. The molecule has 0 fully saturated rings. The van der Waals surface area contributed by atoms with Gasteiger partial charge in [-0.25, -0.2) is 0 Å². The van der Waals surface area contributed by atoms with Gasteiger partial charge in [-0.3, -0.25) is 9.78 Å². The number of nitrogens with one attached hydrogen (secondary N) is 2. The van der Waals surface area contributed by atoms with Crippen LogP contribution in [0.5, 0.6) is 5.75 Å². The van der Waals surface area contributed by atoms with Crippen LogP contribution in [0.15, 0.2) is 55.0 Å². The zero-order valence-corrected chi connectivity index (χ0v) is 14.0. The van der Waals surface area contributed by atoms with E-state index in [2.05, 4.69) is 27.1 Å². The molecular formula is C21H15N3O2. The van der Waals surface area contributed by atoms with Gasteiger partial charge in [0, 0.05) is 35.3 Å². The van der Waals surface area contributed by atoms with Crippen LogP contribution in [0.25, 0.3) is 11.6 Å². The molecule has 0 saturated carbocycles. The van der Waals surface area contributed by atoms with Crippen LogP contribution in [0, 0.1) is 11.8 Å². The van der Waals surface area contributed by atoms with Gasteiger partial charge in [-0.15, -0.1) is 0 Å². The highest BCUT2D eigenvalue weighted by atomic mass is 16.5. The van der Waals surface area contributed by atoms with Crippen molar-refractivity contribution in [3.05, 3.63) is 77.4 Å². The third kappa shape index (κ3) is 2.85. The van der Waals surface area contributed by atoms with Crippen LogP contribution in [0.1, 0.15) is 22.4 Å². The lowest BCUT2D eigenvalue weighted by molar-refractivity contribution is -0.110. The Morgan fingerprint density at radius 1 is 1.15 bits per heavy atom. The number of methoxy groups -OCH3 is 1. The van der Waals surface area contributed by atoms with E-state index in [9.17, 15) is 4.79 Å². The summed E-state index contributed by atoms with van der Waals surface area (Å²) >= 11 is 0. The molecule has 126 valence electrons. The number of H-pyrrole nitrogens is 1. The first-order chi connectivity index (χ1) is 12.8. The van der Waals surface area contributed by atoms with Gasteiger partial charge < -0.3 is 15.0 Å². The van der Waals surface area contributed by atoms with E-state index in [0.29, 0.717) is 11.3 Å². The molecule has 4 rings (SSSR count). The van der Waals surface area contributed by atoms with Crippen LogP contribution in [0.3, 0.4) is 0 Å². The maximum Gasteiger partial charge on any atom is 0.256 e. The molecule has 0 atom stereocenters. The number of benzene rings is 1. The van der Waals surface area contributed by atoms with Crippen molar-refractivity contribution in [2.45, 2.75) is 0 Å². The van der Waals surface area contributed by atoms with E-state index in [0.717, 1.165) is 28.1 Å². The summed E-state index contributed by atoms with van der Waals surface area (Å²) in [6, 6.07) is 11.2. The number of aromatic nitrogens is 2. The summed E-state index contributed by atoms with van der Waals surface area (Å²) < 4.78 is 5.31. The zero-order chi connectivity index (χ0) is 17.9. The van der Waals surface area contributed by atoms with E-state index >= 15 is 0 Å². The second kappa shape index (κ2) is 6.61. The summed E-state index contributed by atoms with van der Waals surface area (Å²) in [5.41, 5.74) is 4.44. The Balaban J connectivity index is 1.81. The maximum atomic E-state index is 12.5. The summed E-state index contributed by atoms with van der Waals surface area (Å²) in [7, 11) is 1.60. The Kier molecular flexibility index (Phi) is 4.00. The van der Waals surface area contributed by atoms with Gasteiger partial charge in [0.2, 0.25) is 0 Å². The molecule has 0 bridgehead atoms. The average Bonchev–Trinajstić information content (AvgIpc) is 3.25. The van der Waals surface area contributed by atoms with Crippen molar-refractivity contribution in [2.75, 3.05) is 12.4 Å². The molecular weight excluding hydrogens is 326 g/mol. The number of hydrogen-bond acceptors (Lipinski definition) is 3. The highest BCUT2D eigenvalue weighted by molar-refractivity contribution is 6.35. The summed E-state index contributed by atoms with van der Waals surface area (Å²) in [4.78, 5) is 19.6. The minimum atomic E-state index is -0.160. The Morgan fingerprint density at radius 3 is 2.88 bits per heavy atom. The van der Waals surface area contributed by atoms with E-state index in [4.69, 9.17) is 4.74 Å². The van der Waals surface area contributed by atoms with E-state index in [1.165, 1.54) is 0 Å². The summed E-state index contributed by atoms with van der Waals surface area (Å²) in [6.45, 7) is 0. The van der Waals surface area contributed by atoms with E-state index in [1.54, 1.807) is 31.8 Å². The first-order valence-corrected chi connectivity index (χ1v) is 8.06. The first-order valence-electron chi connectivity index (χ1n) is 8.06. The molecule has 2 aromatic heterocycles. The fourth-order valence-corrected chi connectivity index (χ4v) is 2.87. The van der Waals surface area contributed by atoms with Gasteiger partial charge in [0.05, 0.1) is 24.1 Å². The molecule has 0 saturated heterocycles. The SMILES string of the molecule is COc1cc[nH]c1/C=C1\C(=O)Nc2cccc(C#Cc3cccnc3)c21. The molecule has 3 aromatic rings. The van der Waals surface area contributed by atoms with Crippen LogP contribution in [-0.2, 0) is 4.79 Å². The zero-order valence-electron chi connectivity index (χ0n) is 14.0. The van der Waals surface area contributed by atoms with Gasteiger partial charge >= 0.3 is 0 Å². The topological polar surface area (TPSA) is 67.0 Å². The van der Waals surface area contributed by atoms with Gasteiger partial charge in [-0.2, -0.15) is 0 Å². The minimum Gasteiger partial charge on any atom is -0.495 e. The minimum absolute atomic E-state index is 0.160. The van der Waals surface area contributed by atoms with Crippen molar-refractivity contribution in [1.82, 2.24) is 9.97 Å². The lowest BCUT2D eigenvalue weighted by Crippen LogP contribution is -2.03. The Bertz CT molecular complexity index is 1070.